The quantitative estimate of drug-likeness (QED) is 0.593. The van der Waals surface area contributed by atoms with Gasteiger partial charge < -0.3 is 4.98 Å². The van der Waals surface area contributed by atoms with Crippen LogP contribution in [0.25, 0.3) is 12.2 Å². The Labute approximate surface area is 89.1 Å². The fraction of sp³-hybridized carbons (Fsp3) is 0.100. The largest absolute Gasteiger partial charge is 0.352 e. The van der Waals surface area contributed by atoms with Crippen molar-refractivity contribution in [3.63, 3.8) is 0 Å². The number of nitrogens with one attached hydrogen (secondary N) is 1. The summed E-state index contributed by atoms with van der Waals surface area (Å²) in [6.45, 7) is 5.48. The van der Waals surface area contributed by atoms with E-state index in [1.54, 1.807) is 12.2 Å². The molecule has 2 radical (unpaired) electrons. The molecule has 1 aromatic rings. The van der Waals surface area contributed by atoms with E-state index < -0.39 is 5.24 Å². The van der Waals surface area contributed by atoms with Gasteiger partial charge in [-0.3, -0.25) is 4.79 Å². The van der Waals surface area contributed by atoms with Crippen LogP contribution < -0.4 is 5.46 Å². The Hall–Kier alpha value is -1.22. The van der Waals surface area contributed by atoms with Crippen molar-refractivity contribution in [1.29, 1.82) is 0 Å². The molecule has 70 valence electrons. The molecule has 0 aromatic carbocycles. The van der Waals surface area contributed by atoms with E-state index in [0.717, 1.165) is 5.56 Å². The van der Waals surface area contributed by atoms with Crippen molar-refractivity contribution >= 4 is 42.3 Å². The molecule has 0 saturated carbocycles. The zero-order valence-corrected chi connectivity index (χ0v) is 8.56. The minimum atomic E-state index is -0.596. The molecule has 0 aliphatic heterocycles. The molecule has 1 aromatic heterocycles. The molecule has 1 N–H and O–H groups in total. The number of carbonyl (C=O) groups is 1. The summed E-state index contributed by atoms with van der Waals surface area (Å²) in [5.41, 5.74) is 2.02. The van der Waals surface area contributed by atoms with E-state index in [2.05, 4.69) is 11.6 Å². The van der Waals surface area contributed by atoms with Gasteiger partial charge in [0.15, 0.2) is 0 Å². The molecule has 0 unspecified atom stereocenters. The van der Waals surface area contributed by atoms with Gasteiger partial charge in [-0.15, -0.1) is 0 Å². The van der Waals surface area contributed by atoms with Crippen LogP contribution in [0.15, 0.2) is 12.7 Å². The Balaban J connectivity index is 3.39. The molecule has 0 saturated heterocycles. The molecule has 0 aliphatic carbocycles. The highest BCUT2D eigenvalue weighted by molar-refractivity contribution is 6.69. The SMILES string of the molecule is [B]c1c(C(=O)Cl)[nH]c(C=C)c1/C=C\C. The smallest absolute Gasteiger partial charge is 0.268 e. The number of hydrogen-bond donors (Lipinski definition) is 1. The lowest BCUT2D eigenvalue weighted by Gasteiger charge is -1.93. The van der Waals surface area contributed by atoms with Gasteiger partial charge in [-0.05, 0) is 30.2 Å². The lowest BCUT2D eigenvalue weighted by atomic mass is 9.90. The zero-order valence-electron chi connectivity index (χ0n) is 7.80. The van der Waals surface area contributed by atoms with Gasteiger partial charge in [0.2, 0.25) is 0 Å². The van der Waals surface area contributed by atoms with E-state index in [1.165, 1.54) is 0 Å². The van der Waals surface area contributed by atoms with Crippen molar-refractivity contribution in [3.8, 4) is 0 Å². The molecule has 14 heavy (non-hydrogen) atoms. The standard InChI is InChI=1S/C10H9BClNO/c1-3-5-6-7(4-2)13-9(8(6)11)10(12)14/h3-5,13H,2H2,1H3/b5-3-. The molecule has 4 heteroatoms. The summed E-state index contributed by atoms with van der Waals surface area (Å²) in [5, 5.41) is -0.596. The van der Waals surface area contributed by atoms with E-state index >= 15 is 0 Å². The van der Waals surface area contributed by atoms with E-state index in [-0.39, 0.29) is 5.69 Å². The Kier molecular flexibility index (Phi) is 3.36. The molecular weight excluding hydrogens is 196 g/mol. The van der Waals surface area contributed by atoms with Crippen LogP contribution in [-0.2, 0) is 0 Å². The minimum Gasteiger partial charge on any atom is -0.352 e. The van der Waals surface area contributed by atoms with Gasteiger partial charge in [-0.25, -0.2) is 0 Å². The van der Waals surface area contributed by atoms with Crippen molar-refractivity contribution < 1.29 is 4.79 Å². The number of allylic oxidation sites excluding steroid dienone is 1. The molecule has 1 rings (SSSR count). The molecule has 0 fully saturated rings. The Morgan fingerprint density at radius 3 is 2.71 bits per heavy atom. The van der Waals surface area contributed by atoms with Crippen LogP contribution in [0, 0.1) is 0 Å². The summed E-state index contributed by atoms with van der Waals surface area (Å²) in [7, 11) is 5.73. The summed E-state index contributed by atoms with van der Waals surface area (Å²) < 4.78 is 0. The third-order valence-electron chi connectivity index (χ3n) is 1.84. The zero-order chi connectivity index (χ0) is 10.7. The number of carbonyl (C=O) groups excluding carboxylic acids is 1. The predicted molar refractivity (Wildman–Crippen MR) is 61.2 cm³/mol. The summed E-state index contributed by atoms with van der Waals surface area (Å²) in [4.78, 5) is 13.8. The van der Waals surface area contributed by atoms with Crippen LogP contribution in [0.3, 0.4) is 0 Å². The van der Waals surface area contributed by atoms with Crippen molar-refractivity contribution in [2.45, 2.75) is 6.92 Å². The van der Waals surface area contributed by atoms with Gasteiger partial charge in [0.1, 0.15) is 7.85 Å². The van der Waals surface area contributed by atoms with Gasteiger partial charge >= 0.3 is 0 Å². The van der Waals surface area contributed by atoms with E-state index in [9.17, 15) is 4.79 Å². The van der Waals surface area contributed by atoms with Crippen LogP contribution in [0.2, 0.25) is 0 Å². The Bertz CT molecular complexity index is 406. The minimum absolute atomic E-state index is 0.217. The number of rotatable bonds is 3. The van der Waals surface area contributed by atoms with Crippen LogP contribution in [-0.4, -0.2) is 18.1 Å². The molecule has 2 nitrogen and oxygen atoms in total. The lowest BCUT2D eigenvalue weighted by Crippen LogP contribution is -2.12. The first-order valence-corrected chi connectivity index (χ1v) is 4.46. The summed E-state index contributed by atoms with van der Waals surface area (Å²) in [6, 6.07) is 0. The first-order valence-electron chi connectivity index (χ1n) is 4.08. The normalized spacial score (nSPS) is 10.7. The van der Waals surface area contributed by atoms with Gasteiger partial charge in [0.25, 0.3) is 5.24 Å². The summed E-state index contributed by atoms with van der Waals surface area (Å²) in [6.07, 6.45) is 5.22. The topological polar surface area (TPSA) is 32.9 Å². The number of aromatic nitrogens is 1. The molecule has 0 atom stereocenters. The van der Waals surface area contributed by atoms with E-state index in [0.29, 0.717) is 11.2 Å². The van der Waals surface area contributed by atoms with Crippen molar-refractivity contribution in [2.75, 3.05) is 0 Å². The first-order chi connectivity index (χ1) is 6.61. The maximum Gasteiger partial charge on any atom is 0.268 e. The average molecular weight is 205 g/mol. The third kappa shape index (κ3) is 1.83. The Morgan fingerprint density at radius 1 is 1.64 bits per heavy atom. The highest BCUT2D eigenvalue weighted by Gasteiger charge is 2.13. The number of H-pyrrole nitrogens is 1. The molecule has 0 amide bonds. The molecule has 0 spiro atoms. The van der Waals surface area contributed by atoms with Crippen molar-refractivity contribution in [1.82, 2.24) is 4.98 Å². The maximum atomic E-state index is 10.9. The third-order valence-corrected chi connectivity index (χ3v) is 2.03. The molecule has 0 bridgehead atoms. The van der Waals surface area contributed by atoms with E-state index in [4.69, 9.17) is 19.4 Å². The van der Waals surface area contributed by atoms with Crippen LogP contribution in [0.1, 0.15) is 28.7 Å². The second-order valence-corrected chi connectivity index (χ2v) is 3.06. The maximum absolute atomic E-state index is 10.9. The molecule has 0 aliphatic rings. The molecule has 1 heterocycles. The van der Waals surface area contributed by atoms with Gasteiger partial charge in [-0.2, -0.15) is 0 Å². The summed E-state index contributed by atoms with van der Waals surface area (Å²) in [5.74, 6) is 0. The van der Waals surface area contributed by atoms with Gasteiger partial charge in [0, 0.05) is 5.69 Å². The lowest BCUT2D eigenvalue weighted by molar-refractivity contribution is 0.107. The second kappa shape index (κ2) is 4.33. The number of aromatic amines is 1. The molecular formula is C10H9BClNO. The van der Waals surface area contributed by atoms with Crippen molar-refractivity contribution in [3.05, 3.63) is 29.6 Å². The predicted octanol–water partition coefficient (Wildman–Crippen LogP) is 1.86. The monoisotopic (exact) mass is 205 g/mol. The fourth-order valence-electron chi connectivity index (χ4n) is 1.21. The fourth-order valence-corrected chi connectivity index (χ4v) is 1.36. The van der Waals surface area contributed by atoms with Gasteiger partial charge in [0.05, 0.1) is 5.69 Å². The van der Waals surface area contributed by atoms with Crippen molar-refractivity contribution in [2.24, 2.45) is 0 Å². The van der Waals surface area contributed by atoms with Crippen LogP contribution in [0.5, 0.6) is 0 Å². The van der Waals surface area contributed by atoms with Crippen LogP contribution in [0.4, 0.5) is 0 Å². The highest BCUT2D eigenvalue weighted by atomic mass is 35.5. The second-order valence-electron chi connectivity index (χ2n) is 2.72. The summed E-state index contributed by atoms with van der Waals surface area (Å²) >= 11 is 5.34. The average Bonchev–Trinajstić information content (AvgIpc) is 2.45. The highest BCUT2D eigenvalue weighted by Crippen LogP contribution is 2.12. The van der Waals surface area contributed by atoms with E-state index in [1.807, 2.05) is 13.0 Å². The first kappa shape index (κ1) is 10.9. The number of hydrogen-bond acceptors (Lipinski definition) is 1. The Morgan fingerprint density at radius 2 is 2.29 bits per heavy atom. The van der Waals surface area contributed by atoms with Gasteiger partial charge in [-0.1, -0.05) is 24.2 Å². The van der Waals surface area contributed by atoms with Crippen LogP contribution >= 0.6 is 11.6 Å². The number of halogens is 1.